The van der Waals surface area contributed by atoms with Crippen LogP contribution >= 0.6 is 23.4 Å². The van der Waals surface area contributed by atoms with Gasteiger partial charge < -0.3 is 9.73 Å². The fourth-order valence-electron chi connectivity index (χ4n) is 2.91. The van der Waals surface area contributed by atoms with Gasteiger partial charge in [-0.1, -0.05) is 49.2 Å². The number of hydrogen-bond donors (Lipinski definition) is 1. The first kappa shape index (κ1) is 17.3. The van der Waals surface area contributed by atoms with Gasteiger partial charge in [0.1, 0.15) is 0 Å². The number of carbonyl (C=O) groups is 1. The number of nitrogens with zero attached hydrogens (tertiary/aromatic N) is 2. The van der Waals surface area contributed by atoms with Crippen molar-refractivity contribution in [2.75, 3.05) is 5.75 Å². The summed E-state index contributed by atoms with van der Waals surface area (Å²) in [6.07, 6.45) is 4.70. The Morgan fingerprint density at radius 2 is 2.21 bits per heavy atom. The highest BCUT2D eigenvalue weighted by molar-refractivity contribution is 7.99. The molecule has 0 spiro atoms. The number of rotatable bonds is 5. The van der Waals surface area contributed by atoms with Crippen molar-refractivity contribution in [1.82, 2.24) is 15.5 Å². The number of halogens is 1. The van der Waals surface area contributed by atoms with Gasteiger partial charge in [0.15, 0.2) is 0 Å². The summed E-state index contributed by atoms with van der Waals surface area (Å²) >= 11 is 7.21. The number of thioether (sulfide) groups is 1. The zero-order valence-electron chi connectivity index (χ0n) is 13.5. The van der Waals surface area contributed by atoms with E-state index in [1.807, 2.05) is 12.1 Å². The molecule has 1 aromatic carbocycles. The Labute approximate surface area is 150 Å². The molecule has 1 aliphatic carbocycles. The number of benzene rings is 1. The first-order chi connectivity index (χ1) is 11.6. The normalized spacial score (nSPS) is 20.8. The zero-order valence-corrected chi connectivity index (χ0v) is 15.1. The second kappa shape index (κ2) is 8.03. The van der Waals surface area contributed by atoms with Crippen LogP contribution in [0.2, 0.25) is 5.02 Å². The second-order valence-corrected chi connectivity index (χ2v) is 7.47. The van der Waals surface area contributed by atoms with Gasteiger partial charge in [-0.05, 0) is 37.0 Å². The standard InChI is InChI=1S/C17H20ClN3O2S/c1-11-5-2-3-8-14(11)19-15(22)10-24-17-21-20-16(23-17)12-6-4-7-13(18)9-12/h4,6-7,9,11,14H,2-3,5,8,10H2,1H3,(H,19,22)/t11-,14+/m0/s1. The molecule has 0 aliphatic heterocycles. The minimum atomic E-state index is 0.0151. The third-order valence-electron chi connectivity index (χ3n) is 4.26. The van der Waals surface area contributed by atoms with Crippen molar-refractivity contribution in [3.8, 4) is 11.5 Å². The fourth-order valence-corrected chi connectivity index (χ4v) is 3.68. The van der Waals surface area contributed by atoms with Gasteiger partial charge in [-0.25, -0.2) is 0 Å². The van der Waals surface area contributed by atoms with Crippen molar-refractivity contribution in [2.24, 2.45) is 5.92 Å². The van der Waals surface area contributed by atoms with Gasteiger partial charge in [0.05, 0.1) is 5.75 Å². The smallest absolute Gasteiger partial charge is 0.277 e. The highest BCUT2D eigenvalue weighted by Gasteiger charge is 2.23. The van der Waals surface area contributed by atoms with E-state index in [0.29, 0.717) is 22.1 Å². The van der Waals surface area contributed by atoms with Crippen molar-refractivity contribution in [3.63, 3.8) is 0 Å². The van der Waals surface area contributed by atoms with E-state index in [0.717, 1.165) is 12.0 Å². The van der Waals surface area contributed by atoms with Crippen LogP contribution in [0, 0.1) is 5.92 Å². The van der Waals surface area contributed by atoms with Gasteiger partial charge in [0.25, 0.3) is 5.22 Å². The van der Waals surface area contributed by atoms with Gasteiger partial charge in [-0.3, -0.25) is 4.79 Å². The highest BCUT2D eigenvalue weighted by Crippen LogP contribution is 2.26. The van der Waals surface area contributed by atoms with Gasteiger partial charge in [0.2, 0.25) is 11.8 Å². The summed E-state index contributed by atoms with van der Waals surface area (Å²) in [5.74, 6) is 1.24. The second-order valence-electron chi connectivity index (χ2n) is 6.11. The molecular weight excluding hydrogens is 346 g/mol. The molecule has 1 aliphatic rings. The van der Waals surface area contributed by atoms with E-state index in [4.69, 9.17) is 16.0 Å². The van der Waals surface area contributed by atoms with Crippen molar-refractivity contribution < 1.29 is 9.21 Å². The molecule has 24 heavy (non-hydrogen) atoms. The van der Waals surface area contributed by atoms with Gasteiger partial charge in [-0.15, -0.1) is 10.2 Å². The summed E-state index contributed by atoms with van der Waals surface area (Å²) in [5, 5.41) is 12.1. The third kappa shape index (κ3) is 4.51. The SMILES string of the molecule is C[C@H]1CCCC[C@H]1NC(=O)CSc1nnc(-c2cccc(Cl)c2)o1. The summed E-state index contributed by atoms with van der Waals surface area (Å²) in [4.78, 5) is 12.1. The summed E-state index contributed by atoms with van der Waals surface area (Å²) in [6, 6.07) is 7.52. The van der Waals surface area contributed by atoms with Crippen LogP contribution in [-0.4, -0.2) is 27.9 Å². The first-order valence-corrected chi connectivity index (χ1v) is 9.50. The Balaban J connectivity index is 1.52. The van der Waals surface area contributed by atoms with Crippen LogP contribution in [0.1, 0.15) is 32.6 Å². The lowest BCUT2D eigenvalue weighted by Gasteiger charge is -2.29. The van der Waals surface area contributed by atoms with Crippen molar-refractivity contribution >= 4 is 29.3 Å². The molecule has 7 heteroatoms. The number of hydrogen-bond acceptors (Lipinski definition) is 5. The average molecular weight is 366 g/mol. The van der Waals surface area contributed by atoms with Crippen LogP contribution in [0.3, 0.4) is 0 Å². The maximum atomic E-state index is 12.1. The maximum Gasteiger partial charge on any atom is 0.277 e. The van der Waals surface area contributed by atoms with Crippen LogP contribution in [0.4, 0.5) is 0 Å². The molecular formula is C17H20ClN3O2S. The molecule has 1 aromatic heterocycles. The summed E-state index contributed by atoms with van der Waals surface area (Å²) in [6.45, 7) is 2.20. The Morgan fingerprint density at radius 1 is 1.38 bits per heavy atom. The molecule has 0 bridgehead atoms. The fraction of sp³-hybridized carbons (Fsp3) is 0.471. The van der Waals surface area contributed by atoms with Crippen LogP contribution in [0.15, 0.2) is 33.9 Å². The van der Waals surface area contributed by atoms with E-state index in [1.165, 1.54) is 31.0 Å². The maximum absolute atomic E-state index is 12.1. The van der Waals surface area contributed by atoms with E-state index < -0.39 is 0 Å². The van der Waals surface area contributed by atoms with Crippen LogP contribution in [0.25, 0.3) is 11.5 Å². The summed E-state index contributed by atoms with van der Waals surface area (Å²) < 4.78 is 5.59. The molecule has 1 fully saturated rings. The Bertz CT molecular complexity index is 707. The molecule has 0 unspecified atom stereocenters. The number of carbonyl (C=O) groups excluding carboxylic acids is 1. The highest BCUT2D eigenvalue weighted by atomic mass is 35.5. The third-order valence-corrected chi connectivity index (χ3v) is 5.32. The van der Waals surface area contributed by atoms with Crippen LogP contribution < -0.4 is 5.32 Å². The minimum Gasteiger partial charge on any atom is -0.411 e. The van der Waals surface area contributed by atoms with Crippen LogP contribution in [0.5, 0.6) is 0 Å². The molecule has 0 radical (unpaired) electrons. The molecule has 1 N–H and O–H groups in total. The number of amides is 1. The lowest BCUT2D eigenvalue weighted by Crippen LogP contribution is -2.41. The van der Waals surface area contributed by atoms with Crippen LogP contribution in [-0.2, 0) is 4.79 Å². The molecule has 2 aromatic rings. The molecule has 2 atom stereocenters. The van der Waals surface area contributed by atoms with Gasteiger partial charge in [-0.2, -0.15) is 0 Å². The van der Waals surface area contributed by atoms with E-state index in [9.17, 15) is 4.79 Å². The molecule has 5 nitrogen and oxygen atoms in total. The summed E-state index contributed by atoms with van der Waals surface area (Å²) in [5.41, 5.74) is 0.766. The lowest BCUT2D eigenvalue weighted by atomic mass is 9.86. The molecule has 1 saturated carbocycles. The minimum absolute atomic E-state index is 0.0151. The topological polar surface area (TPSA) is 68.0 Å². The average Bonchev–Trinajstić information content (AvgIpc) is 3.04. The first-order valence-electron chi connectivity index (χ1n) is 8.13. The van der Waals surface area contributed by atoms with E-state index >= 15 is 0 Å². The predicted octanol–water partition coefficient (Wildman–Crippen LogP) is 4.18. The molecule has 1 amide bonds. The lowest BCUT2D eigenvalue weighted by molar-refractivity contribution is -0.119. The van der Waals surface area contributed by atoms with E-state index in [-0.39, 0.29) is 17.7 Å². The van der Waals surface area contributed by atoms with E-state index in [2.05, 4.69) is 22.4 Å². The van der Waals surface area contributed by atoms with Gasteiger partial charge in [0, 0.05) is 16.6 Å². The van der Waals surface area contributed by atoms with Gasteiger partial charge >= 0.3 is 0 Å². The molecule has 3 rings (SSSR count). The zero-order chi connectivity index (χ0) is 16.9. The van der Waals surface area contributed by atoms with Crippen molar-refractivity contribution in [1.29, 1.82) is 0 Å². The Hall–Kier alpha value is -1.53. The summed E-state index contributed by atoms with van der Waals surface area (Å²) in [7, 11) is 0. The number of nitrogens with one attached hydrogen (secondary N) is 1. The Morgan fingerprint density at radius 3 is 3.00 bits per heavy atom. The van der Waals surface area contributed by atoms with Crippen molar-refractivity contribution in [2.45, 2.75) is 43.9 Å². The van der Waals surface area contributed by atoms with E-state index in [1.54, 1.807) is 12.1 Å². The quantitative estimate of drug-likeness (QED) is 0.805. The molecule has 128 valence electrons. The van der Waals surface area contributed by atoms with Crippen molar-refractivity contribution in [3.05, 3.63) is 29.3 Å². The molecule has 1 heterocycles. The largest absolute Gasteiger partial charge is 0.411 e. The molecule has 0 saturated heterocycles. The monoisotopic (exact) mass is 365 g/mol. The number of aromatic nitrogens is 2. The Kier molecular flexibility index (Phi) is 5.79. The predicted molar refractivity (Wildman–Crippen MR) is 95.0 cm³/mol.